The summed E-state index contributed by atoms with van der Waals surface area (Å²) < 4.78 is 33.5. The Hall–Kier alpha value is -2.87. The molecule has 1 fully saturated rings. The topological polar surface area (TPSA) is 64.6 Å². The fraction of sp³-hybridized carbons (Fsp3) is 0.269. The fourth-order valence-electron chi connectivity index (χ4n) is 4.39. The highest BCUT2D eigenvalue weighted by Gasteiger charge is 2.41. The Morgan fingerprint density at radius 2 is 1.67 bits per heavy atom. The van der Waals surface area contributed by atoms with Crippen molar-refractivity contribution in [1.82, 2.24) is 4.31 Å². The van der Waals surface area contributed by atoms with Gasteiger partial charge in [-0.3, -0.25) is 4.79 Å². The van der Waals surface area contributed by atoms with Gasteiger partial charge in [0.05, 0.1) is 24.2 Å². The number of carbonyl (C=O) groups excluding carboxylic acids is 1. The lowest BCUT2D eigenvalue weighted by molar-refractivity contribution is -0.117. The van der Waals surface area contributed by atoms with E-state index in [0.717, 1.165) is 5.56 Å². The van der Waals surface area contributed by atoms with E-state index in [9.17, 15) is 13.7 Å². The standard InChI is InChI=1S/C26H27FN2O3S/c1-32-24-10-6-5-9-23(24)28-25(30)19-26(20-7-3-2-4-8-20)15-17-29(18-16-26)33(31)22-13-11-21(27)12-14-22/h2-14H,15-19H2,1H3,(H,28,30). The zero-order chi connectivity index (χ0) is 23.3. The number of benzene rings is 3. The molecule has 172 valence electrons. The first-order valence-electron chi connectivity index (χ1n) is 10.9. The van der Waals surface area contributed by atoms with Gasteiger partial charge in [-0.05, 0) is 54.8 Å². The monoisotopic (exact) mass is 466 g/mol. The summed E-state index contributed by atoms with van der Waals surface area (Å²) in [6.07, 6.45) is 1.68. The number of hydrogen-bond acceptors (Lipinski definition) is 4. The molecule has 5 nitrogen and oxygen atoms in total. The van der Waals surface area contributed by atoms with Gasteiger partial charge < -0.3 is 14.6 Å². The molecule has 3 aromatic carbocycles. The predicted octanol–water partition coefficient (Wildman–Crippen LogP) is 4.92. The van der Waals surface area contributed by atoms with E-state index in [4.69, 9.17) is 4.74 Å². The molecule has 0 spiro atoms. The van der Waals surface area contributed by atoms with E-state index in [1.54, 1.807) is 19.2 Å². The molecule has 0 aromatic heterocycles. The van der Waals surface area contributed by atoms with E-state index in [-0.39, 0.29) is 17.1 Å². The number of hydrogen-bond donors (Lipinski definition) is 1. The van der Waals surface area contributed by atoms with Gasteiger partial charge in [-0.15, -0.1) is 4.31 Å². The number of ether oxygens (including phenoxy) is 1. The number of rotatable bonds is 7. The van der Waals surface area contributed by atoms with Crippen LogP contribution in [0, 0.1) is 5.82 Å². The highest BCUT2D eigenvalue weighted by atomic mass is 32.2. The third-order valence-corrected chi connectivity index (χ3v) is 7.71. The Morgan fingerprint density at radius 1 is 1.03 bits per heavy atom. The summed E-state index contributed by atoms with van der Waals surface area (Å²) in [5.41, 5.74) is 1.38. The highest BCUT2D eigenvalue weighted by Crippen LogP contribution is 2.40. The van der Waals surface area contributed by atoms with E-state index >= 15 is 0 Å². The van der Waals surface area contributed by atoms with Crippen molar-refractivity contribution in [3.63, 3.8) is 0 Å². The Labute approximate surface area is 196 Å². The van der Waals surface area contributed by atoms with Crippen LogP contribution in [0.15, 0.2) is 83.8 Å². The maximum absolute atomic E-state index is 13.2. The van der Waals surface area contributed by atoms with Gasteiger partial charge >= 0.3 is 0 Å². The number of nitrogens with one attached hydrogen (secondary N) is 1. The largest absolute Gasteiger partial charge is 0.593 e. The third-order valence-electron chi connectivity index (χ3n) is 6.20. The lowest BCUT2D eigenvalue weighted by atomic mass is 9.70. The molecular weight excluding hydrogens is 439 g/mol. The SMILES string of the molecule is COc1ccccc1NC(=O)CC1(c2ccccc2)CCN([S+]([O-])c2ccc(F)cc2)CC1. The molecule has 33 heavy (non-hydrogen) atoms. The fourth-order valence-corrected chi connectivity index (χ4v) is 5.57. The van der Waals surface area contributed by atoms with Crippen molar-refractivity contribution in [3.8, 4) is 5.75 Å². The van der Waals surface area contributed by atoms with E-state index in [0.29, 0.717) is 48.7 Å². The molecular formula is C26H27FN2O3S. The first kappa shape index (κ1) is 23.3. The van der Waals surface area contributed by atoms with Crippen LogP contribution >= 0.6 is 0 Å². The highest BCUT2D eigenvalue weighted by molar-refractivity contribution is 7.89. The molecule has 1 amide bonds. The molecule has 0 aliphatic carbocycles. The molecule has 0 radical (unpaired) electrons. The van der Waals surface area contributed by atoms with Gasteiger partial charge in [0.25, 0.3) is 0 Å². The minimum Gasteiger partial charge on any atom is -0.593 e. The second-order valence-electron chi connectivity index (χ2n) is 8.20. The van der Waals surface area contributed by atoms with Crippen LogP contribution in [0.1, 0.15) is 24.8 Å². The summed E-state index contributed by atoms with van der Waals surface area (Å²) in [6.45, 7) is 1.14. The Balaban J connectivity index is 1.50. The number of para-hydroxylation sites is 2. The van der Waals surface area contributed by atoms with Gasteiger partial charge in [-0.1, -0.05) is 42.5 Å². The Bertz CT molecular complexity index is 1070. The van der Waals surface area contributed by atoms with Crippen LogP contribution in [-0.4, -0.2) is 35.0 Å². The minimum absolute atomic E-state index is 0.0866. The molecule has 1 unspecified atom stereocenters. The number of halogens is 1. The summed E-state index contributed by atoms with van der Waals surface area (Å²) in [5.74, 6) is 0.180. The zero-order valence-corrected chi connectivity index (χ0v) is 19.3. The lowest BCUT2D eigenvalue weighted by Gasteiger charge is -2.41. The third kappa shape index (κ3) is 5.38. The average molecular weight is 467 g/mol. The van der Waals surface area contributed by atoms with Crippen molar-refractivity contribution in [1.29, 1.82) is 0 Å². The van der Waals surface area contributed by atoms with Gasteiger partial charge in [0.15, 0.2) is 4.90 Å². The maximum atomic E-state index is 13.2. The normalized spacial score (nSPS) is 16.7. The number of piperidine rings is 1. The molecule has 1 N–H and O–H groups in total. The molecule has 0 bridgehead atoms. The predicted molar refractivity (Wildman–Crippen MR) is 128 cm³/mol. The molecule has 1 aliphatic rings. The average Bonchev–Trinajstić information content (AvgIpc) is 2.85. The first-order valence-corrected chi connectivity index (χ1v) is 12.0. The summed E-state index contributed by atoms with van der Waals surface area (Å²) in [4.78, 5) is 13.7. The Kier molecular flexibility index (Phi) is 7.33. The van der Waals surface area contributed by atoms with Crippen molar-refractivity contribution in [2.24, 2.45) is 0 Å². The zero-order valence-electron chi connectivity index (χ0n) is 18.5. The second-order valence-corrected chi connectivity index (χ2v) is 9.69. The second kappa shape index (κ2) is 10.4. The van der Waals surface area contributed by atoms with E-state index in [2.05, 4.69) is 17.4 Å². The molecule has 1 aliphatic heterocycles. The van der Waals surface area contributed by atoms with Crippen LogP contribution < -0.4 is 10.1 Å². The molecule has 1 atom stereocenters. The molecule has 0 saturated carbocycles. The van der Waals surface area contributed by atoms with Gasteiger partial charge in [0.1, 0.15) is 11.6 Å². The minimum atomic E-state index is -1.37. The number of nitrogens with zero attached hydrogens (tertiary/aromatic N) is 1. The van der Waals surface area contributed by atoms with Crippen LogP contribution in [0.2, 0.25) is 0 Å². The van der Waals surface area contributed by atoms with Crippen molar-refractivity contribution >= 4 is 23.0 Å². The van der Waals surface area contributed by atoms with Crippen molar-refractivity contribution in [3.05, 3.63) is 90.2 Å². The summed E-state index contributed by atoms with van der Waals surface area (Å²) in [6, 6.07) is 23.2. The van der Waals surface area contributed by atoms with Gasteiger partial charge in [0, 0.05) is 24.9 Å². The number of methoxy groups -OCH3 is 1. The van der Waals surface area contributed by atoms with Gasteiger partial charge in [0.2, 0.25) is 5.91 Å². The van der Waals surface area contributed by atoms with Crippen LogP contribution in [-0.2, 0) is 21.6 Å². The molecule has 3 aromatic rings. The molecule has 1 heterocycles. The number of amides is 1. The number of anilines is 1. The molecule has 1 saturated heterocycles. The van der Waals surface area contributed by atoms with Crippen molar-refractivity contribution in [2.45, 2.75) is 29.6 Å². The maximum Gasteiger partial charge on any atom is 0.225 e. The smallest absolute Gasteiger partial charge is 0.225 e. The first-order chi connectivity index (χ1) is 16.0. The summed E-state index contributed by atoms with van der Waals surface area (Å²) >= 11 is -1.37. The van der Waals surface area contributed by atoms with E-state index < -0.39 is 11.4 Å². The van der Waals surface area contributed by atoms with Gasteiger partial charge in [-0.2, -0.15) is 0 Å². The summed E-state index contributed by atoms with van der Waals surface area (Å²) in [5, 5.41) is 3.00. The molecule has 7 heteroatoms. The number of carbonyl (C=O) groups is 1. The lowest BCUT2D eigenvalue weighted by Crippen LogP contribution is -2.46. The van der Waals surface area contributed by atoms with Crippen LogP contribution in [0.4, 0.5) is 10.1 Å². The van der Waals surface area contributed by atoms with Crippen LogP contribution in [0.3, 0.4) is 0 Å². The van der Waals surface area contributed by atoms with Crippen LogP contribution in [0.5, 0.6) is 5.75 Å². The van der Waals surface area contributed by atoms with Crippen molar-refractivity contribution < 1.29 is 18.5 Å². The van der Waals surface area contributed by atoms with Crippen LogP contribution in [0.25, 0.3) is 0 Å². The van der Waals surface area contributed by atoms with E-state index in [1.165, 1.54) is 12.1 Å². The molecule has 4 rings (SSSR count). The van der Waals surface area contributed by atoms with Gasteiger partial charge in [-0.25, -0.2) is 4.39 Å². The quantitative estimate of drug-likeness (QED) is 0.502. The van der Waals surface area contributed by atoms with Crippen molar-refractivity contribution in [2.75, 3.05) is 25.5 Å². The summed E-state index contributed by atoms with van der Waals surface area (Å²) in [7, 11) is 1.58. The Morgan fingerprint density at radius 3 is 2.33 bits per heavy atom. The van der Waals surface area contributed by atoms with E-state index in [1.807, 2.05) is 46.8 Å².